The number of carbonyl (C=O) groups excluding carboxylic acids is 1. The van der Waals surface area contributed by atoms with Crippen LogP contribution in [0.5, 0.6) is 0 Å². The summed E-state index contributed by atoms with van der Waals surface area (Å²) in [6.07, 6.45) is 10.9. The van der Waals surface area contributed by atoms with Crippen molar-refractivity contribution in [3.8, 4) is 0 Å². The number of alkyl halides is 3. The van der Waals surface area contributed by atoms with Crippen molar-refractivity contribution in [2.75, 3.05) is 6.54 Å². The number of fused-ring (bicyclic) bond motifs is 2. The van der Waals surface area contributed by atoms with Crippen LogP contribution in [-0.4, -0.2) is 51.5 Å². The Morgan fingerprint density at radius 3 is 2.38 bits per heavy atom. The molecule has 0 fully saturated rings. The van der Waals surface area contributed by atoms with Crippen LogP contribution in [0, 0.1) is 10.1 Å². The van der Waals surface area contributed by atoms with Crippen LogP contribution < -0.4 is 0 Å². The van der Waals surface area contributed by atoms with E-state index in [1.165, 1.54) is 27.8 Å². The summed E-state index contributed by atoms with van der Waals surface area (Å²) in [5.74, 6) is -0.864. The molecular weight excluding hydrogens is 572 g/mol. The van der Waals surface area contributed by atoms with Gasteiger partial charge < -0.3 is 0 Å². The topological polar surface area (TPSA) is 113 Å². The van der Waals surface area contributed by atoms with Crippen molar-refractivity contribution < 1.29 is 35.8 Å². The largest absolute Gasteiger partial charge is 0.488 e. The molecule has 5 rings (SSSR count). The number of nitrogens with zero attached hydrogens (tertiary/aromatic N) is 4. The molecule has 3 aliphatic heterocycles. The Morgan fingerprint density at radius 1 is 1.07 bits per heavy atom. The van der Waals surface area contributed by atoms with Crippen LogP contribution in [0.1, 0.15) is 6.92 Å². The van der Waals surface area contributed by atoms with E-state index in [-0.39, 0.29) is 17.8 Å². The fourth-order valence-corrected chi connectivity index (χ4v) is 10.9. The Kier molecular flexibility index (Phi) is 6.81. The molecule has 0 amide bonds. The number of hydrogen-bond donors (Lipinski definition) is 0. The van der Waals surface area contributed by atoms with Gasteiger partial charge in [0.05, 0.1) is 33.8 Å². The molecule has 4 aliphatic rings. The summed E-state index contributed by atoms with van der Waals surface area (Å²) in [7, 11) is -8.89. The van der Waals surface area contributed by atoms with Gasteiger partial charge in [0, 0.05) is 34.9 Å². The third kappa shape index (κ3) is 4.47. The quantitative estimate of drug-likeness (QED) is 0.257. The zero-order chi connectivity index (χ0) is 28.9. The molecule has 0 aromatic heterocycles. The molecule has 208 valence electrons. The molecule has 0 spiro atoms. The van der Waals surface area contributed by atoms with Crippen molar-refractivity contribution in [2.45, 2.75) is 24.0 Å². The summed E-state index contributed by atoms with van der Waals surface area (Å²) in [6.45, 7) is 1.15. The Morgan fingerprint density at radius 2 is 1.77 bits per heavy atom. The van der Waals surface area contributed by atoms with E-state index in [4.69, 9.17) is 4.52 Å². The Balaban J connectivity index is 1.85. The number of allylic oxidation sites excluding steroid dienone is 7. The van der Waals surface area contributed by atoms with Crippen LogP contribution in [0.3, 0.4) is 0 Å². The monoisotopic (exact) mass is 593 g/mol. The molecule has 0 bridgehead atoms. The number of carbonyl (C=O) groups is 1. The second-order valence-corrected chi connectivity index (χ2v) is 13.5. The van der Waals surface area contributed by atoms with E-state index in [0.717, 1.165) is 47.4 Å². The van der Waals surface area contributed by atoms with Crippen LogP contribution in [0.25, 0.3) is 0 Å². The lowest BCUT2D eigenvalue weighted by molar-refractivity contribution is -0.384. The molecule has 3 heterocycles. The van der Waals surface area contributed by atoms with Gasteiger partial charge in [-0.1, -0.05) is 24.3 Å². The first-order valence-corrected chi connectivity index (χ1v) is 14.7. The summed E-state index contributed by atoms with van der Waals surface area (Å²) >= 11 is 0. The average molecular weight is 594 g/mol. The van der Waals surface area contributed by atoms with Crippen LogP contribution in [0.4, 0.5) is 18.9 Å². The number of benzene rings is 1. The number of nitro groups is 1. The number of sulfonamides is 1. The van der Waals surface area contributed by atoms with Gasteiger partial charge in [-0.25, -0.2) is 17.7 Å². The van der Waals surface area contributed by atoms with Crippen LogP contribution in [0.2, 0.25) is 0 Å². The van der Waals surface area contributed by atoms with Gasteiger partial charge in [-0.05, 0) is 42.5 Å². The highest BCUT2D eigenvalue weighted by atomic mass is 32.2. The molecule has 2 atom stereocenters. The maximum atomic E-state index is 14.5. The van der Waals surface area contributed by atoms with E-state index in [2.05, 4.69) is 0 Å². The molecule has 40 heavy (non-hydrogen) atoms. The van der Waals surface area contributed by atoms with E-state index in [1.54, 1.807) is 36.5 Å². The van der Waals surface area contributed by atoms with E-state index >= 15 is 0 Å². The Labute approximate surface area is 227 Å². The van der Waals surface area contributed by atoms with Crippen LogP contribution >= 0.6 is 7.94 Å². The highest BCUT2D eigenvalue weighted by Gasteiger charge is 2.71. The van der Waals surface area contributed by atoms with E-state index in [0.29, 0.717) is 5.70 Å². The second kappa shape index (κ2) is 9.88. The molecule has 15 heteroatoms. The number of hydrogen-bond acceptors (Lipinski definition) is 8. The first kappa shape index (κ1) is 27.6. The third-order valence-corrected chi connectivity index (χ3v) is 12.3. The fourth-order valence-electron chi connectivity index (χ4n) is 4.68. The van der Waals surface area contributed by atoms with Gasteiger partial charge in [-0.3, -0.25) is 10.1 Å². The van der Waals surface area contributed by atoms with E-state index in [1.807, 2.05) is 0 Å². The summed E-state index contributed by atoms with van der Waals surface area (Å²) < 4.78 is 80.6. The van der Waals surface area contributed by atoms with Gasteiger partial charge in [-0.2, -0.15) is 22.5 Å². The van der Waals surface area contributed by atoms with Crippen molar-refractivity contribution in [3.05, 3.63) is 118 Å². The number of non-ortho nitro benzene ring substituents is 1. The normalized spacial score (nSPS) is 24.1. The number of rotatable bonds is 5. The molecule has 1 aromatic carbocycles. The van der Waals surface area contributed by atoms with Gasteiger partial charge in [0.25, 0.3) is 15.7 Å². The number of halogens is 3. The lowest BCUT2D eigenvalue weighted by Gasteiger charge is -2.49. The molecular formula is C25H21F3N4O6PS+. The number of nitro benzene ring substituents is 1. The van der Waals surface area contributed by atoms with Gasteiger partial charge in [0.1, 0.15) is 6.04 Å². The summed E-state index contributed by atoms with van der Waals surface area (Å²) in [5.41, 5.74) is -0.883. The van der Waals surface area contributed by atoms with E-state index in [9.17, 15) is 36.5 Å². The molecule has 1 aromatic rings. The smallest absolute Gasteiger partial charge is 0.258 e. The fraction of sp³-hybridized carbons (Fsp3) is 0.160. The van der Waals surface area contributed by atoms with Crippen molar-refractivity contribution >= 4 is 29.6 Å². The predicted molar refractivity (Wildman–Crippen MR) is 140 cm³/mol. The zero-order valence-electron chi connectivity index (χ0n) is 20.7. The van der Waals surface area contributed by atoms with Crippen LogP contribution in [-0.2, 0) is 19.3 Å². The minimum atomic E-state index is -4.80. The van der Waals surface area contributed by atoms with Crippen molar-refractivity contribution in [1.82, 2.24) is 13.4 Å². The van der Waals surface area contributed by atoms with Crippen molar-refractivity contribution in [3.63, 3.8) is 0 Å². The second-order valence-electron chi connectivity index (χ2n) is 8.80. The minimum Gasteiger partial charge on any atom is -0.258 e. The standard InChI is InChI=1S/C25H21F3N4O6PS/c1-18(33)38-39(29-14-4-2-5-15-29)30-16-6-3-7-23(30)22-13-8-19(25(26,27)28)17-24(22)32(39)40(36,37)21-11-9-20(10-12-21)31(34)35/h2-14,16-17,24H,15H2,1H3/q+1. The first-order valence-electron chi connectivity index (χ1n) is 11.7. The Hall–Kier alpha value is -4.00. The van der Waals surface area contributed by atoms with Crippen molar-refractivity contribution in [2.24, 2.45) is 0 Å². The highest BCUT2D eigenvalue weighted by Crippen LogP contribution is 2.76. The minimum absolute atomic E-state index is 0.0684. The van der Waals surface area contributed by atoms with E-state index < -0.39 is 51.5 Å². The predicted octanol–water partition coefficient (Wildman–Crippen LogP) is 5.29. The third-order valence-electron chi connectivity index (χ3n) is 6.31. The summed E-state index contributed by atoms with van der Waals surface area (Å²) in [6, 6.07) is 2.42. The first-order chi connectivity index (χ1) is 18.9. The molecule has 2 unspecified atom stereocenters. The lowest BCUT2D eigenvalue weighted by Crippen LogP contribution is -2.54. The molecule has 10 nitrogen and oxygen atoms in total. The molecule has 0 N–H and O–H groups in total. The van der Waals surface area contributed by atoms with Gasteiger partial charge in [0.2, 0.25) is 0 Å². The average Bonchev–Trinajstić information content (AvgIpc) is 2.92. The van der Waals surface area contributed by atoms with Gasteiger partial charge in [0.15, 0.2) is 0 Å². The van der Waals surface area contributed by atoms with Gasteiger partial charge in [-0.15, -0.1) is 0 Å². The molecule has 0 saturated heterocycles. The maximum absolute atomic E-state index is 14.5. The van der Waals surface area contributed by atoms with Crippen molar-refractivity contribution in [1.29, 1.82) is 0 Å². The SMILES string of the molecule is CC(=O)O[P+]1(N2C=CC=CC2)N2C=CC=CC2=C2C=CC(C(F)(F)F)=CC2N1S(=O)(=O)c1ccc([N+](=O)[O-])cc1. The Bertz CT molecular complexity index is 1590. The molecule has 0 saturated carbocycles. The summed E-state index contributed by atoms with van der Waals surface area (Å²) in [5, 5.41) is 11.2. The molecule has 1 aliphatic carbocycles. The lowest BCUT2D eigenvalue weighted by atomic mass is 9.95. The molecule has 0 radical (unpaired) electrons. The van der Waals surface area contributed by atoms with Crippen LogP contribution in [0.15, 0.2) is 113 Å². The summed E-state index contributed by atoms with van der Waals surface area (Å²) in [4.78, 5) is 22.8. The zero-order valence-corrected chi connectivity index (χ0v) is 22.4. The maximum Gasteiger partial charge on any atom is 0.488 e. The van der Waals surface area contributed by atoms with Gasteiger partial charge >= 0.3 is 20.1 Å². The highest BCUT2D eigenvalue weighted by molar-refractivity contribution is 7.96.